The third-order valence-electron chi connectivity index (χ3n) is 4.09. The fraction of sp³-hybridized carbons (Fsp3) is 0.200. The number of hydrogen-bond acceptors (Lipinski definition) is 7. The summed E-state index contributed by atoms with van der Waals surface area (Å²) >= 11 is 0. The molecule has 1 atom stereocenters. The molecule has 4 N–H and O–H groups in total. The van der Waals surface area contributed by atoms with Gasteiger partial charge in [-0.1, -0.05) is 30.3 Å². The lowest BCUT2D eigenvalue weighted by Crippen LogP contribution is -2.59. The zero-order chi connectivity index (χ0) is 21.5. The van der Waals surface area contributed by atoms with Gasteiger partial charge in [0, 0.05) is 12.7 Å². The average molecular weight is 434 g/mol. The molecule has 28 heavy (non-hydrogen) atoms. The summed E-state index contributed by atoms with van der Waals surface area (Å²) in [4.78, 5) is 23.3. The Morgan fingerprint density at radius 3 is 1.82 bits per heavy atom. The van der Waals surface area contributed by atoms with Crippen molar-refractivity contribution in [3.63, 3.8) is 0 Å². The van der Waals surface area contributed by atoms with E-state index < -0.39 is 59.1 Å². The number of benzene rings is 1. The first-order chi connectivity index (χ1) is 12.8. The molecule has 2 rings (SSSR count). The van der Waals surface area contributed by atoms with E-state index in [1.165, 1.54) is 18.2 Å². The molecule has 0 aromatic heterocycles. The van der Waals surface area contributed by atoms with Gasteiger partial charge in [-0.3, -0.25) is 9.11 Å². The second kappa shape index (κ2) is 7.10. The molecule has 13 heteroatoms. The predicted octanol–water partition coefficient (Wildman–Crippen LogP) is 0.0363. The van der Waals surface area contributed by atoms with Crippen molar-refractivity contribution in [1.29, 1.82) is 0 Å². The summed E-state index contributed by atoms with van der Waals surface area (Å²) in [6.07, 6.45) is -1.98. The first-order valence-electron chi connectivity index (χ1n) is 7.25. The van der Waals surface area contributed by atoms with Crippen LogP contribution in [0.4, 0.5) is 0 Å². The predicted molar refractivity (Wildman–Crippen MR) is 93.3 cm³/mol. The zero-order valence-electron chi connectivity index (χ0n) is 14.0. The number of carboxylic acid groups (broad SMARTS) is 2. The lowest BCUT2D eigenvalue weighted by molar-refractivity contribution is -0.134. The van der Waals surface area contributed by atoms with Gasteiger partial charge in [0.15, 0.2) is 0 Å². The highest BCUT2D eigenvalue weighted by Gasteiger charge is 2.68. The number of hydrogen-bond donors (Lipinski definition) is 4. The standard InChI is InChI=1S/C15H14O11S2/c1-26-12-10(14(18)19)7-9(13(16)17)11(8-5-3-2-4-6-8)15(12,27(20,21)22)28(23,24)25/h2-7,12H,1H3,(H,16,17)(H,18,19)(H,20,21,22)(H,23,24,25). The minimum Gasteiger partial charge on any atom is -0.478 e. The van der Waals surface area contributed by atoms with E-state index in [0.717, 1.165) is 19.2 Å². The monoisotopic (exact) mass is 434 g/mol. The van der Waals surface area contributed by atoms with Crippen LogP contribution in [-0.4, -0.2) is 65.4 Å². The molecule has 0 saturated carbocycles. The van der Waals surface area contributed by atoms with Crippen molar-refractivity contribution in [2.45, 2.75) is 10.2 Å². The summed E-state index contributed by atoms with van der Waals surface area (Å²) in [6.45, 7) is 0. The van der Waals surface area contributed by atoms with Crippen molar-refractivity contribution in [3.05, 3.63) is 53.1 Å². The van der Waals surface area contributed by atoms with Gasteiger partial charge in [-0.2, -0.15) is 16.8 Å². The molecule has 1 unspecified atom stereocenters. The Kier molecular flexibility index (Phi) is 5.51. The Morgan fingerprint density at radius 1 is 0.964 bits per heavy atom. The summed E-state index contributed by atoms with van der Waals surface area (Å²) in [6, 6.07) is 6.30. The number of rotatable bonds is 6. The van der Waals surface area contributed by atoms with Gasteiger partial charge in [0.05, 0.1) is 11.1 Å². The molecule has 1 aliphatic carbocycles. The molecule has 0 bridgehead atoms. The van der Waals surface area contributed by atoms with Gasteiger partial charge in [-0.05, 0) is 11.6 Å². The molecule has 152 valence electrons. The van der Waals surface area contributed by atoms with Crippen LogP contribution in [0.3, 0.4) is 0 Å². The Balaban J connectivity index is 3.27. The van der Waals surface area contributed by atoms with Crippen molar-refractivity contribution >= 4 is 37.7 Å². The number of carboxylic acids is 2. The van der Waals surface area contributed by atoms with E-state index in [9.17, 15) is 45.7 Å². The zero-order valence-corrected chi connectivity index (χ0v) is 15.6. The molecular weight excluding hydrogens is 420 g/mol. The smallest absolute Gasteiger partial charge is 0.336 e. The Labute approximate surface area is 159 Å². The number of ether oxygens (including phenoxy) is 1. The highest BCUT2D eigenvalue weighted by molar-refractivity contribution is 8.06. The molecule has 0 aliphatic heterocycles. The Morgan fingerprint density at radius 2 is 1.46 bits per heavy atom. The van der Waals surface area contributed by atoms with Crippen LogP contribution in [0.5, 0.6) is 0 Å². The molecule has 11 nitrogen and oxygen atoms in total. The van der Waals surface area contributed by atoms with Crippen LogP contribution in [0.15, 0.2) is 47.6 Å². The van der Waals surface area contributed by atoms with Crippen LogP contribution >= 0.6 is 0 Å². The number of aliphatic carboxylic acids is 2. The van der Waals surface area contributed by atoms with Crippen molar-refractivity contribution in [1.82, 2.24) is 0 Å². The molecule has 0 radical (unpaired) electrons. The fourth-order valence-corrected chi connectivity index (χ4v) is 6.10. The molecule has 0 spiro atoms. The van der Waals surface area contributed by atoms with Crippen molar-refractivity contribution in [3.8, 4) is 0 Å². The van der Waals surface area contributed by atoms with Crippen molar-refractivity contribution in [2.75, 3.05) is 7.11 Å². The second-order valence-corrected chi connectivity index (χ2v) is 9.04. The SMILES string of the molecule is COC1C(C(=O)O)=CC(C(=O)O)=C(c2ccccc2)C1(S(=O)(=O)O)S(=O)(=O)O. The summed E-state index contributed by atoms with van der Waals surface area (Å²) in [5, 5.41) is 18.8. The van der Waals surface area contributed by atoms with Gasteiger partial charge in [-0.15, -0.1) is 0 Å². The lowest BCUT2D eigenvalue weighted by atomic mass is 9.84. The topological polar surface area (TPSA) is 193 Å². The number of methoxy groups -OCH3 is 1. The van der Waals surface area contributed by atoms with E-state index in [0.29, 0.717) is 6.08 Å². The van der Waals surface area contributed by atoms with Gasteiger partial charge in [0.2, 0.25) is 0 Å². The molecule has 0 amide bonds. The van der Waals surface area contributed by atoms with Gasteiger partial charge in [0.25, 0.3) is 24.3 Å². The summed E-state index contributed by atoms with van der Waals surface area (Å²) < 4.78 is 70.0. The van der Waals surface area contributed by atoms with E-state index in [1.54, 1.807) is 0 Å². The van der Waals surface area contributed by atoms with Crippen LogP contribution in [-0.2, 0) is 34.6 Å². The van der Waals surface area contributed by atoms with Crippen LogP contribution in [0, 0.1) is 0 Å². The van der Waals surface area contributed by atoms with Gasteiger partial charge in [-0.25, -0.2) is 9.59 Å². The first kappa shape index (κ1) is 21.7. The van der Waals surface area contributed by atoms with Crippen molar-refractivity contribution in [2.24, 2.45) is 0 Å². The van der Waals surface area contributed by atoms with Crippen LogP contribution < -0.4 is 0 Å². The molecule has 1 aliphatic rings. The molecule has 0 fully saturated rings. The van der Waals surface area contributed by atoms with E-state index in [4.69, 9.17) is 4.74 Å². The van der Waals surface area contributed by atoms with Gasteiger partial charge in [0.1, 0.15) is 6.10 Å². The lowest BCUT2D eigenvalue weighted by Gasteiger charge is -2.39. The summed E-state index contributed by atoms with van der Waals surface area (Å²) in [5.74, 6) is -3.82. The maximum absolute atomic E-state index is 12.3. The van der Waals surface area contributed by atoms with Crippen molar-refractivity contribution < 1.29 is 50.5 Å². The minimum atomic E-state index is -5.93. The first-order valence-corrected chi connectivity index (χ1v) is 10.1. The summed E-state index contributed by atoms with van der Waals surface area (Å²) in [5.41, 5.74) is -3.58. The van der Waals surface area contributed by atoms with Gasteiger partial charge >= 0.3 is 11.9 Å². The quantitative estimate of drug-likeness (QED) is 0.442. The molecular formula is C15H14O11S2. The number of carbonyl (C=O) groups is 2. The molecule has 0 heterocycles. The van der Waals surface area contributed by atoms with E-state index in [2.05, 4.69) is 0 Å². The Hall–Kier alpha value is -2.58. The molecule has 1 aromatic rings. The van der Waals surface area contributed by atoms with Crippen LogP contribution in [0.1, 0.15) is 5.56 Å². The molecule has 0 saturated heterocycles. The highest BCUT2D eigenvalue weighted by Crippen LogP contribution is 2.49. The van der Waals surface area contributed by atoms with Crippen LogP contribution in [0.25, 0.3) is 5.57 Å². The average Bonchev–Trinajstić information content (AvgIpc) is 2.58. The summed E-state index contributed by atoms with van der Waals surface area (Å²) in [7, 11) is -11.1. The normalized spacial score (nSPS) is 19.8. The van der Waals surface area contributed by atoms with E-state index in [-0.39, 0.29) is 5.56 Å². The Bertz CT molecular complexity index is 1060. The van der Waals surface area contributed by atoms with Crippen LogP contribution in [0.2, 0.25) is 0 Å². The van der Waals surface area contributed by atoms with E-state index >= 15 is 0 Å². The maximum atomic E-state index is 12.3. The third kappa shape index (κ3) is 3.12. The largest absolute Gasteiger partial charge is 0.478 e. The maximum Gasteiger partial charge on any atom is 0.336 e. The second-order valence-electron chi connectivity index (χ2n) is 5.60. The fourth-order valence-electron chi connectivity index (χ4n) is 3.07. The molecule has 1 aromatic carbocycles. The minimum absolute atomic E-state index is 0.321. The van der Waals surface area contributed by atoms with Gasteiger partial charge < -0.3 is 14.9 Å². The van der Waals surface area contributed by atoms with E-state index in [1.807, 2.05) is 0 Å². The third-order valence-corrected chi connectivity index (χ3v) is 7.72. The highest BCUT2D eigenvalue weighted by atomic mass is 32.3.